The molecule has 2 aromatic carbocycles. The Morgan fingerprint density at radius 2 is 1.69 bits per heavy atom. The van der Waals surface area contributed by atoms with E-state index in [1.54, 1.807) is 18.2 Å². The minimum atomic E-state index is -5.32. The lowest BCUT2D eigenvalue weighted by Crippen LogP contribution is -2.36. The Kier molecular flexibility index (Phi) is 10.6. The lowest BCUT2D eigenvalue weighted by molar-refractivity contribution is -0.206. The molecular weight excluding hydrogens is 642 g/mol. The van der Waals surface area contributed by atoms with Crippen LogP contribution in [0.15, 0.2) is 18.2 Å². The van der Waals surface area contributed by atoms with Crippen molar-refractivity contribution >= 4 is 29.2 Å². The van der Waals surface area contributed by atoms with Crippen LogP contribution in [0.3, 0.4) is 0 Å². The number of nitrogens with one attached hydrogen (secondary N) is 1. The molecule has 0 aromatic heterocycles. The summed E-state index contributed by atoms with van der Waals surface area (Å²) in [7, 11) is 4.18. The first-order chi connectivity index (χ1) is 22.4. The average molecular weight is 682 g/mol. The van der Waals surface area contributed by atoms with Crippen molar-refractivity contribution in [2.24, 2.45) is 0 Å². The minimum absolute atomic E-state index is 0.0270. The molecule has 15 heteroatoms. The number of Topliss-reactive ketones (excluding diaryl/α,β-unsaturated/α-hetero) is 1. The van der Waals surface area contributed by atoms with Gasteiger partial charge in [-0.05, 0) is 42.0 Å². The number of rotatable bonds is 11. The monoisotopic (exact) mass is 681 g/mol. The molecule has 2 aromatic rings. The highest BCUT2D eigenvalue weighted by Crippen LogP contribution is 2.42. The Morgan fingerprint density at radius 3 is 2.25 bits per heavy atom. The van der Waals surface area contributed by atoms with E-state index in [-0.39, 0.29) is 54.7 Å². The smallest absolute Gasteiger partial charge is 0.491 e. The first-order valence-corrected chi connectivity index (χ1v) is 15.2. The molecule has 4 rings (SSSR count). The lowest BCUT2D eigenvalue weighted by Gasteiger charge is -2.29. The molecule has 0 radical (unpaired) electrons. The van der Waals surface area contributed by atoms with Gasteiger partial charge in [-0.3, -0.25) is 10.2 Å². The van der Waals surface area contributed by atoms with Crippen LogP contribution >= 0.6 is 0 Å². The van der Waals surface area contributed by atoms with Crippen LogP contribution in [-0.4, -0.2) is 87.8 Å². The normalized spacial score (nSPS) is 16.9. The number of halogens is 4. The molecule has 2 atom stereocenters. The summed E-state index contributed by atoms with van der Waals surface area (Å²) in [6.07, 6.45) is -6.98. The molecule has 1 fully saturated rings. The van der Waals surface area contributed by atoms with Crippen molar-refractivity contribution in [1.29, 1.82) is 5.41 Å². The number of esters is 2. The molecule has 11 nitrogen and oxygen atoms in total. The van der Waals surface area contributed by atoms with Gasteiger partial charge in [0.2, 0.25) is 0 Å². The third kappa shape index (κ3) is 7.35. The molecule has 2 aliphatic heterocycles. The summed E-state index contributed by atoms with van der Waals surface area (Å²) in [5, 5.41) is 8.65. The lowest BCUT2D eigenvalue weighted by atomic mass is 9.84. The minimum Gasteiger partial charge on any atom is -0.494 e. The van der Waals surface area contributed by atoms with E-state index in [4.69, 9.17) is 24.4 Å². The molecule has 0 spiro atoms. The predicted octanol–water partition coefficient (Wildman–Crippen LogP) is 5.18. The molecule has 0 saturated carbocycles. The Balaban J connectivity index is 1.58. The maximum absolute atomic E-state index is 15.3. The zero-order chi connectivity index (χ0) is 35.7. The Morgan fingerprint density at radius 1 is 1.02 bits per heavy atom. The summed E-state index contributed by atoms with van der Waals surface area (Å²) in [6.45, 7) is 7.85. The zero-order valence-corrected chi connectivity index (χ0v) is 27.8. The van der Waals surface area contributed by atoms with Crippen molar-refractivity contribution < 1.29 is 55.6 Å². The Labute approximate surface area is 275 Å². The standard InChI is InChI=1S/C33H39F4N3O8/c1-8-23(30(42)48-31(43)33(35,36)37)47-19-9-10-39(15-19)21-12-17(11-20(27(21)45-6)32(2,3)4)22(41)16-40-14-18-13-24(44-5)28(46-7)26(34)25(18)29(40)38/h11-13,19,23,38H,8-10,14-16H2,1-7H3. The van der Waals surface area contributed by atoms with Gasteiger partial charge in [0.15, 0.2) is 29.2 Å². The number of ether oxygens (including phenoxy) is 5. The van der Waals surface area contributed by atoms with Gasteiger partial charge in [-0.2, -0.15) is 13.2 Å². The van der Waals surface area contributed by atoms with Gasteiger partial charge in [-0.15, -0.1) is 0 Å². The largest absolute Gasteiger partial charge is 0.494 e. The average Bonchev–Trinajstić information content (AvgIpc) is 3.61. The number of alkyl halides is 3. The number of carbonyl (C=O) groups is 3. The van der Waals surface area contributed by atoms with E-state index >= 15 is 4.39 Å². The van der Waals surface area contributed by atoms with Crippen LogP contribution in [0.5, 0.6) is 17.2 Å². The molecule has 0 bridgehead atoms. The van der Waals surface area contributed by atoms with Crippen LogP contribution in [0.4, 0.5) is 23.2 Å². The van der Waals surface area contributed by atoms with Crippen molar-refractivity contribution in [3.05, 3.63) is 46.3 Å². The molecule has 2 heterocycles. The van der Waals surface area contributed by atoms with Gasteiger partial charge in [0.25, 0.3) is 0 Å². The quantitative estimate of drug-likeness (QED) is 0.147. The fraction of sp³-hybridized carbons (Fsp3) is 0.515. The second-order valence-corrected chi connectivity index (χ2v) is 12.5. The second-order valence-electron chi connectivity index (χ2n) is 12.5. The van der Waals surface area contributed by atoms with E-state index in [2.05, 4.69) is 4.74 Å². The summed E-state index contributed by atoms with van der Waals surface area (Å²) in [5.41, 5.74) is 1.63. The fourth-order valence-corrected chi connectivity index (χ4v) is 5.83. The van der Waals surface area contributed by atoms with Crippen LogP contribution in [0.25, 0.3) is 0 Å². The number of benzene rings is 2. The van der Waals surface area contributed by atoms with Gasteiger partial charge >= 0.3 is 18.1 Å². The molecule has 0 aliphatic carbocycles. The van der Waals surface area contributed by atoms with Crippen molar-refractivity contribution in [2.75, 3.05) is 45.9 Å². The highest BCUT2D eigenvalue weighted by atomic mass is 19.4. The highest BCUT2D eigenvalue weighted by molar-refractivity contribution is 6.06. The number of methoxy groups -OCH3 is 3. The first kappa shape index (κ1) is 36.4. The van der Waals surface area contributed by atoms with Gasteiger partial charge in [-0.25, -0.2) is 14.0 Å². The summed E-state index contributed by atoms with van der Waals surface area (Å²) in [6, 6.07) is 4.98. The molecule has 0 amide bonds. The van der Waals surface area contributed by atoms with Crippen LogP contribution in [0.1, 0.15) is 67.6 Å². The van der Waals surface area contributed by atoms with Crippen molar-refractivity contribution in [2.45, 2.75) is 70.9 Å². The SMILES string of the molecule is CCC(OC1CCN(c2cc(C(=O)CN3Cc4cc(OC)c(OC)c(F)c4C3=N)cc(C(C)(C)C)c2OC)C1)C(=O)OC(=O)C(F)(F)F. The van der Waals surface area contributed by atoms with Gasteiger partial charge in [-0.1, -0.05) is 27.7 Å². The molecule has 1 saturated heterocycles. The van der Waals surface area contributed by atoms with E-state index < -0.39 is 41.6 Å². The van der Waals surface area contributed by atoms with Crippen molar-refractivity contribution in [3.63, 3.8) is 0 Å². The highest BCUT2D eigenvalue weighted by Gasteiger charge is 2.44. The molecule has 2 unspecified atom stereocenters. The van der Waals surface area contributed by atoms with Crippen LogP contribution < -0.4 is 19.1 Å². The maximum atomic E-state index is 15.3. The number of amidine groups is 1. The Hall–Kier alpha value is -4.40. The van der Waals surface area contributed by atoms with E-state index in [0.29, 0.717) is 35.5 Å². The molecule has 1 N–H and O–H groups in total. The second kappa shape index (κ2) is 14.0. The zero-order valence-electron chi connectivity index (χ0n) is 27.8. The van der Waals surface area contributed by atoms with Gasteiger partial charge in [0.05, 0.1) is 45.2 Å². The molecular formula is C33H39F4N3O8. The number of hydrogen-bond donors (Lipinski definition) is 1. The van der Waals surface area contributed by atoms with Crippen LogP contribution in [-0.2, 0) is 31.0 Å². The number of fused-ring (bicyclic) bond motifs is 1. The van der Waals surface area contributed by atoms with Crippen molar-refractivity contribution in [3.8, 4) is 17.2 Å². The fourth-order valence-electron chi connectivity index (χ4n) is 5.83. The summed E-state index contributed by atoms with van der Waals surface area (Å²) < 4.78 is 79.1. The maximum Gasteiger partial charge on any atom is 0.491 e. The molecule has 2 aliphatic rings. The number of hydrogen-bond acceptors (Lipinski definition) is 10. The number of carbonyl (C=O) groups excluding carboxylic acids is 3. The van der Waals surface area contributed by atoms with Gasteiger partial charge in [0.1, 0.15) is 11.6 Å². The number of ketones is 1. The van der Waals surface area contributed by atoms with E-state index in [1.807, 2.05) is 25.7 Å². The Bertz CT molecular complexity index is 1600. The van der Waals surface area contributed by atoms with Crippen molar-refractivity contribution in [1.82, 2.24) is 4.90 Å². The molecule has 262 valence electrons. The van der Waals surface area contributed by atoms with Gasteiger partial charge < -0.3 is 33.5 Å². The third-order valence-corrected chi connectivity index (χ3v) is 8.25. The summed E-state index contributed by atoms with van der Waals surface area (Å²) in [5.74, 6) is -4.73. The van der Waals surface area contributed by atoms with Crippen LogP contribution in [0.2, 0.25) is 0 Å². The third-order valence-electron chi connectivity index (χ3n) is 8.25. The van der Waals surface area contributed by atoms with Crippen LogP contribution in [0, 0.1) is 11.2 Å². The number of anilines is 1. The first-order valence-electron chi connectivity index (χ1n) is 15.2. The van der Waals surface area contributed by atoms with E-state index in [1.165, 1.54) is 33.2 Å². The summed E-state index contributed by atoms with van der Waals surface area (Å²) >= 11 is 0. The van der Waals surface area contributed by atoms with Gasteiger partial charge in [0, 0.05) is 30.8 Å². The van der Waals surface area contributed by atoms with E-state index in [9.17, 15) is 27.6 Å². The van der Waals surface area contributed by atoms with E-state index in [0.717, 1.165) is 5.56 Å². The summed E-state index contributed by atoms with van der Waals surface area (Å²) in [4.78, 5) is 40.6. The number of nitrogens with zero attached hydrogens (tertiary/aromatic N) is 2. The molecule has 48 heavy (non-hydrogen) atoms. The predicted molar refractivity (Wildman–Crippen MR) is 166 cm³/mol. The topological polar surface area (TPSA) is 128 Å².